The Hall–Kier alpha value is -2.56. The molecule has 5 nitrogen and oxygen atoms in total. The summed E-state index contributed by atoms with van der Waals surface area (Å²) in [7, 11) is 0. The summed E-state index contributed by atoms with van der Waals surface area (Å²) in [5.41, 5.74) is 0.423. The highest BCUT2D eigenvalue weighted by Gasteiger charge is 2.26. The number of amides is 1. The van der Waals surface area contributed by atoms with E-state index in [-0.39, 0.29) is 11.9 Å². The highest BCUT2D eigenvalue weighted by atomic mass is 16.5. The maximum absolute atomic E-state index is 12.3. The van der Waals surface area contributed by atoms with Crippen LogP contribution >= 0.6 is 0 Å². The predicted molar refractivity (Wildman–Crippen MR) is 78.3 cm³/mol. The number of ether oxygens (including phenoxy) is 1. The third kappa shape index (κ3) is 3.72. The molecule has 1 aromatic rings. The molecule has 0 aromatic heterocycles. The summed E-state index contributed by atoms with van der Waals surface area (Å²) >= 11 is 0. The molecule has 0 radical (unpaired) electrons. The molecule has 1 aromatic carbocycles. The number of carbonyl (C=O) groups is 2. The van der Waals surface area contributed by atoms with Crippen LogP contribution in [0.25, 0.3) is 0 Å². The van der Waals surface area contributed by atoms with E-state index in [0.29, 0.717) is 24.3 Å². The standard InChI is InChI=1S/C16H17NO4/c1-2-9-21-14-6-4-3-5-13(14)15(18)17-12-8-7-11(10-12)16(19)20/h2-8,11-12H,1,9-10H2,(H,17,18)(H,19,20). The van der Waals surface area contributed by atoms with Gasteiger partial charge in [0.05, 0.1) is 11.5 Å². The Kier molecular flexibility index (Phi) is 4.77. The van der Waals surface area contributed by atoms with Crippen molar-refractivity contribution >= 4 is 11.9 Å². The molecule has 2 atom stereocenters. The molecule has 2 N–H and O–H groups in total. The van der Waals surface area contributed by atoms with E-state index in [2.05, 4.69) is 11.9 Å². The number of benzene rings is 1. The number of nitrogens with one attached hydrogen (secondary N) is 1. The molecule has 0 fully saturated rings. The van der Waals surface area contributed by atoms with E-state index in [0.717, 1.165) is 0 Å². The Balaban J connectivity index is 2.03. The van der Waals surface area contributed by atoms with Crippen molar-refractivity contribution < 1.29 is 19.4 Å². The maximum Gasteiger partial charge on any atom is 0.310 e. The predicted octanol–water partition coefficient (Wildman–Crippen LogP) is 2.01. The molecule has 1 amide bonds. The van der Waals surface area contributed by atoms with Crippen molar-refractivity contribution in [2.24, 2.45) is 5.92 Å². The van der Waals surface area contributed by atoms with Crippen molar-refractivity contribution in [1.29, 1.82) is 0 Å². The zero-order chi connectivity index (χ0) is 15.2. The molecular formula is C16H17NO4. The van der Waals surface area contributed by atoms with Crippen LogP contribution in [0.3, 0.4) is 0 Å². The van der Waals surface area contributed by atoms with Crippen molar-refractivity contribution in [2.45, 2.75) is 12.5 Å². The fraction of sp³-hybridized carbons (Fsp3) is 0.250. The van der Waals surface area contributed by atoms with Gasteiger partial charge in [0.25, 0.3) is 5.91 Å². The van der Waals surface area contributed by atoms with Crippen LogP contribution in [0.2, 0.25) is 0 Å². The van der Waals surface area contributed by atoms with Gasteiger partial charge in [-0.15, -0.1) is 0 Å². The van der Waals surface area contributed by atoms with Gasteiger partial charge in [-0.3, -0.25) is 9.59 Å². The Morgan fingerprint density at radius 2 is 2.14 bits per heavy atom. The topological polar surface area (TPSA) is 75.6 Å². The number of para-hydroxylation sites is 1. The minimum absolute atomic E-state index is 0.272. The van der Waals surface area contributed by atoms with Gasteiger partial charge < -0.3 is 15.2 Å². The monoisotopic (exact) mass is 287 g/mol. The number of hydrogen-bond donors (Lipinski definition) is 2. The smallest absolute Gasteiger partial charge is 0.310 e. The molecular weight excluding hydrogens is 270 g/mol. The van der Waals surface area contributed by atoms with Crippen LogP contribution < -0.4 is 10.1 Å². The molecule has 0 spiro atoms. The van der Waals surface area contributed by atoms with Gasteiger partial charge in [-0.2, -0.15) is 0 Å². The second kappa shape index (κ2) is 6.74. The minimum atomic E-state index is -0.877. The van der Waals surface area contributed by atoms with E-state index >= 15 is 0 Å². The van der Waals surface area contributed by atoms with Gasteiger partial charge >= 0.3 is 5.97 Å². The first-order valence-electron chi connectivity index (χ1n) is 6.66. The molecule has 2 rings (SSSR count). The molecule has 0 heterocycles. The number of aliphatic carboxylic acids is 1. The Morgan fingerprint density at radius 1 is 1.38 bits per heavy atom. The summed E-state index contributed by atoms with van der Waals surface area (Å²) < 4.78 is 5.44. The third-order valence-electron chi connectivity index (χ3n) is 3.21. The van der Waals surface area contributed by atoms with E-state index < -0.39 is 11.9 Å². The lowest BCUT2D eigenvalue weighted by Crippen LogP contribution is -2.33. The lowest BCUT2D eigenvalue weighted by molar-refractivity contribution is -0.140. The van der Waals surface area contributed by atoms with E-state index in [1.54, 1.807) is 42.5 Å². The Bertz CT molecular complexity index is 579. The molecule has 0 aliphatic heterocycles. The highest BCUT2D eigenvalue weighted by molar-refractivity contribution is 5.97. The van der Waals surface area contributed by atoms with E-state index in [1.165, 1.54) is 0 Å². The van der Waals surface area contributed by atoms with Crippen LogP contribution in [0.5, 0.6) is 5.75 Å². The Morgan fingerprint density at radius 3 is 2.81 bits per heavy atom. The maximum atomic E-state index is 12.3. The fourth-order valence-electron chi connectivity index (χ4n) is 2.16. The van der Waals surface area contributed by atoms with Crippen molar-refractivity contribution in [3.8, 4) is 5.75 Å². The molecule has 21 heavy (non-hydrogen) atoms. The second-order valence-corrected chi connectivity index (χ2v) is 4.74. The van der Waals surface area contributed by atoms with Crippen molar-refractivity contribution in [1.82, 2.24) is 5.32 Å². The lowest BCUT2D eigenvalue weighted by Gasteiger charge is -2.14. The normalized spacial score (nSPS) is 20.0. The van der Waals surface area contributed by atoms with Crippen molar-refractivity contribution in [2.75, 3.05) is 6.61 Å². The summed E-state index contributed by atoms with van der Waals surface area (Å²) in [6.45, 7) is 3.88. The summed E-state index contributed by atoms with van der Waals surface area (Å²) in [5, 5.41) is 11.7. The van der Waals surface area contributed by atoms with Crippen LogP contribution in [-0.2, 0) is 4.79 Å². The van der Waals surface area contributed by atoms with E-state index in [4.69, 9.17) is 9.84 Å². The first-order valence-corrected chi connectivity index (χ1v) is 6.66. The van der Waals surface area contributed by atoms with E-state index in [9.17, 15) is 9.59 Å². The number of rotatable bonds is 6. The fourth-order valence-corrected chi connectivity index (χ4v) is 2.16. The number of hydrogen-bond acceptors (Lipinski definition) is 3. The van der Waals surface area contributed by atoms with E-state index in [1.807, 2.05) is 0 Å². The molecule has 110 valence electrons. The first-order chi connectivity index (χ1) is 10.1. The second-order valence-electron chi connectivity index (χ2n) is 4.74. The average molecular weight is 287 g/mol. The highest BCUT2D eigenvalue weighted by Crippen LogP contribution is 2.21. The van der Waals surface area contributed by atoms with Crippen molar-refractivity contribution in [3.63, 3.8) is 0 Å². The molecule has 0 saturated carbocycles. The minimum Gasteiger partial charge on any atom is -0.489 e. The largest absolute Gasteiger partial charge is 0.489 e. The van der Waals surface area contributed by atoms with Gasteiger partial charge in [0.2, 0.25) is 0 Å². The van der Waals surface area contributed by atoms with Crippen LogP contribution in [0, 0.1) is 5.92 Å². The van der Waals surface area contributed by atoms with Gasteiger partial charge in [-0.25, -0.2) is 0 Å². The summed E-state index contributed by atoms with van der Waals surface area (Å²) in [4.78, 5) is 23.1. The molecule has 1 aliphatic carbocycles. The zero-order valence-corrected chi connectivity index (χ0v) is 11.5. The molecule has 0 saturated heterocycles. The van der Waals surface area contributed by atoms with Gasteiger partial charge in [-0.1, -0.05) is 36.9 Å². The SMILES string of the molecule is C=CCOc1ccccc1C(=O)NC1C=CC(C(=O)O)C1. The van der Waals surface area contributed by atoms with Crippen molar-refractivity contribution in [3.05, 3.63) is 54.6 Å². The molecule has 5 heteroatoms. The summed E-state index contributed by atoms with van der Waals surface area (Å²) in [6, 6.07) is 6.64. The van der Waals surface area contributed by atoms with Crippen LogP contribution in [-0.4, -0.2) is 29.6 Å². The third-order valence-corrected chi connectivity index (χ3v) is 3.21. The number of carbonyl (C=O) groups excluding carboxylic acids is 1. The molecule has 1 aliphatic rings. The quantitative estimate of drug-likeness (QED) is 0.785. The number of carboxylic acids is 1. The van der Waals surface area contributed by atoms with Crippen LogP contribution in [0.4, 0.5) is 0 Å². The first kappa shape index (κ1) is 14.8. The molecule has 0 bridgehead atoms. The average Bonchev–Trinajstić information content (AvgIpc) is 2.94. The van der Waals surface area contributed by atoms with Gasteiger partial charge in [-0.05, 0) is 18.6 Å². The van der Waals surface area contributed by atoms with Crippen LogP contribution in [0.15, 0.2) is 49.1 Å². The van der Waals surface area contributed by atoms with Crippen LogP contribution in [0.1, 0.15) is 16.8 Å². The zero-order valence-electron chi connectivity index (χ0n) is 11.5. The number of carboxylic acid groups (broad SMARTS) is 1. The molecule has 2 unspecified atom stereocenters. The summed E-state index contributed by atoms with van der Waals surface area (Å²) in [5.74, 6) is -1.22. The lowest BCUT2D eigenvalue weighted by atomic mass is 10.1. The Labute approximate surface area is 122 Å². The van der Waals surface area contributed by atoms with Gasteiger partial charge in [0.15, 0.2) is 0 Å². The summed E-state index contributed by atoms with van der Waals surface area (Å²) in [6.07, 6.45) is 5.29. The van der Waals surface area contributed by atoms with Gasteiger partial charge in [0, 0.05) is 6.04 Å². The van der Waals surface area contributed by atoms with Gasteiger partial charge in [0.1, 0.15) is 12.4 Å².